The van der Waals surface area contributed by atoms with Crippen LogP contribution in [0.1, 0.15) is 34.6 Å². The number of aryl methyl sites for hydroxylation is 1. The summed E-state index contributed by atoms with van der Waals surface area (Å²) in [6.45, 7) is 0.0847. The summed E-state index contributed by atoms with van der Waals surface area (Å²) in [6, 6.07) is 10.2. The second-order valence-corrected chi connectivity index (χ2v) is 9.59. The third-order valence-corrected chi connectivity index (χ3v) is 7.06. The Bertz CT molecular complexity index is 1890. The number of aromatic amines is 1. The molecule has 41 heavy (non-hydrogen) atoms. The zero-order chi connectivity index (χ0) is 28.1. The van der Waals surface area contributed by atoms with E-state index in [0.29, 0.717) is 29.3 Å². The average molecular weight is 559 g/mol. The Hall–Kier alpha value is -5.15. The van der Waals surface area contributed by atoms with Gasteiger partial charge in [-0.1, -0.05) is 23.4 Å². The van der Waals surface area contributed by atoms with Crippen LogP contribution in [0.3, 0.4) is 0 Å². The van der Waals surface area contributed by atoms with Crippen molar-refractivity contribution in [1.82, 2.24) is 46.1 Å². The van der Waals surface area contributed by atoms with E-state index < -0.39 is 23.2 Å². The monoisotopic (exact) mass is 558 g/mol. The molecule has 4 aromatic heterocycles. The van der Waals surface area contributed by atoms with Gasteiger partial charge in [-0.25, -0.2) is 14.2 Å². The van der Waals surface area contributed by atoms with Crippen LogP contribution in [0.2, 0.25) is 0 Å². The van der Waals surface area contributed by atoms with Crippen LogP contribution in [0.4, 0.5) is 4.39 Å². The third kappa shape index (κ3) is 4.01. The third-order valence-electron chi connectivity index (χ3n) is 7.06. The number of para-hydroxylation sites is 1. The van der Waals surface area contributed by atoms with Gasteiger partial charge in [-0.15, -0.1) is 5.10 Å². The molecular weight excluding hydrogens is 535 g/mol. The van der Waals surface area contributed by atoms with Gasteiger partial charge >= 0.3 is 5.76 Å². The zero-order valence-corrected chi connectivity index (χ0v) is 21.8. The van der Waals surface area contributed by atoms with Gasteiger partial charge in [-0.3, -0.25) is 21.2 Å². The quantitative estimate of drug-likeness (QED) is 0.236. The fourth-order valence-electron chi connectivity index (χ4n) is 5.19. The maximum Gasteiger partial charge on any atom is 0.436 e. The SMILES string of the molecule is COCc1nc(C2(c3nn(C)c(=O)o3)N[C@@H](C3=NC=C(c4ccc(F)cn4)NN3)Cc3c2[nH]c2ccccc32)no1. The first-order valence-electron chi connectivity index (χ1n) is 12.6. The lowest BCUT2D eigenvalue weighted by molar-refractivity contribution is 0.151. The summed E-state index contributed by atoms with van der Waals surface area (Å²) in [4.78, 5) is 29.4. The molecule has 1 aromatic carbocycles. The lowest BCUT2D eigenvalue weighted by Gasteiger charge is -2.38. The van der Waals surface area contributed by atoms with Gasteiger partial charge in [0.25, 0.3) is 11.8 Å². The topological polar surface area (TPSA) is 173 Å². The van der Waals surface area contributed by atoms with Crippen molar-refractivity contribution in [3.05, 3.63) is 99.7 Å². The highest BCUT2D eigenvalue weighted by atomic mass is 19.1. The predicted octanol–water partition coefficient (Wildman–Crippen LogP) is 1.23. The number of pyridine rings is 1. The summed E-state index contributed by atoms with van der Waals surface area (Å²) in [7, 11) is 3.01. The summed E-state index contributed by atoms with van der Waals surface area (Å²) in [6.07, 6.45) is 3.23. The van der Waals surface area contributed by atoms with Crippen molar-refractivity contribution in [2.75, 3.05) is 7.11 Å². The van der Waals surface area contributed by atoms with Gasteiger partial charge in [-0.05, 0) is 30.2 Å². The number of halogens is 1. The van der Waals surface area contributed by atoms with Crippen molar-refractivity contribution in [3.8, 4) is 0 Å². The molecule has 15 heteroatoms. The van der Waals surface area contributed by atoms with E-state index in [1.165, 1.54) is 20.2 Å². The molecular formula is C26H23FN10O4. The highest BCUT2D eigenvalue weighted by molar-refractivity contribution is 5.93. The number of H-pyrrole nitrogens is 1. The Labute approximate surface area is 230 Å². The Balaban J connectivity index is 1.41. The van der Waals surface area contributed by atoms with Crippen molar-refractivity contribution in [2.45, 2.75) is 24.6 Å². The number of amidine groups is 1. The molecule has 0 aliphatic carbocycles. The second kappa shape index (κ2) is 9.50. The summed E-state index contributed by atoms with van der Waals surface area (Å²) >= 11 is 0. The lowest BCUT2D eigenvalue weighted by Crippen LogP contribution is -2.61. The molecule has 14 nitrogen and oxygen atoms in total. The summed E-state index contributed by atoms with van der Waals surface area (Å²) in [5.74, 6) is -0.152. The number of nitrogens with zero attached hydrogens (tertiary/aromatic N) is 6. The molecule has 0 spiro atoms. The molecule has 2 aliphatic rings. The number of aromatic nitrogens is 6. The molecule has 0 bridgehead atoms. The number of hydrazine groups is 1. The van der Waals surface area contributed by atoms with Crippen molar-refractivity contribution >= 4 is 22.4 Å². The summed E-state index contributed by atoms with van der Waals surface area (Å²) < 4.78 is 30.8. The average Bonchev–Trinajstić information content (AvgIpc) is 3.71. The van der Waals surface area contributed by atoms with E-state index in [2.05, 4.69) is 46.4 Å². The van der Waals surface area contributed by atoms with E-state index in [0.717, 1.165) is 27.3 Å². The first-order chi connectivity index (χ1) is 20.0. The maximum absolute atomic E-state index is 13.4. The smallest absolute Gasteiger partial charge is 0.389 e. The van der Waals surface area contributed by atoms with Gasteiger partial charge in [0.2, 0.25) is 11.4 Å². The predicted molar refractivity (Wildman–Crippen MR) is 141 cm³/mol. The standard InChI is InChI=1S/C26H23FN10O4/c1-37-25(38)40-24(35-37)26(23-31-20(12-39-2)41-36-23)21-15(14-5-3-4-6-16(14)30-21)9-18(32-26)22-29-11-19(33-34-22)17-8-7-13(27)10-28-17/h3-8,10-11,18,30,32-33H,9,12H2,1-2H3,(H,29,34)/t18-,26?/m1/s1. The number of methoxy groups -OCH3 is 1. The van der Waals surface area contributed by atoms with Gasteiger partial charge in [0, 0.05) is 25.1 Å². The van der Waals surface area contributed by atoms with Crippen LogP contribution >= 0.6 is 0 Å². The van der Waals surface area contributed by atoms with Crippen molar-refractivity contribution in [2.24, 2.45) is 12.0 Å². The van der Waals surface area contributed by atoms with Crippen molar-refractivity contribution in [1.29, 1.82) is 0 Å². The Kier molecular flexibility index (Phi) is 5.76. The number of aliphatic imine (C=N–C) groups is 1. The number of fused-ring (bicyclic) bond motifs is 3. The number of hydrogen-bond acceptors (Lipinski definition) is 12. The number of benzene rings is 1. The molecule has 2 aliphatic heterocycles. The fraction of sp³-hybridized carbons (Fsp3) is 0.231. The molecule has 0 radical (unpaired) electrons. The molecule has 0 saturated heterocycles. The number of ether oxygens (including phenoxy) is 1. The molecule has 0 fully saturated rings. The fourth-order valence-corrected chi connectivity index (χ4v) is 5.19. The highest BCUT2D eigenvalue weighted by Gasteiger charge is 2.53. The van der Waals surface area contributed by atoms with Crippen LogP contribution in [-0.2, 0) is 30.4 Å². The van der Waals surface area contributed by atoms with Crippen LogP contribution < -0.4 is 21.9 Å². The Morgan fingerprint density at radius 2 is 2.10 bits per heavy atom. The largest absolute Gasteiger partial charge is 0.436 e. The van der Waals surface area contributed by atoms with E-state index in [1.54, 1.807) is 12.3 Å². The van der Waals surface area contributed by atoms with E-state index in [9.17, 15) is 9.18 Å². The molecule has 208 valence electrons. The number of nitrogens with one attached hydrogen (secondary N) is 4. The molecule has 2 atom stereocenters. The van der Waals surface area contributed by atoms with Crippen LogP contribution in [0.25, 0.3) is 16.6 Å². The zero-order valence-electron chi connectivity index (χ0n) is 21.8. The normalized spacial score (nSPS) is 20.2. The van der Waals surface area contributed by atoms with E-state index in [4.69, 9.17) is 13.7 Å². The van der Waals surface area contributed by atoms with Gasteiger partial charge in [0.15, 0.2) is 0 Å². The molecule has 0 saturated carbocycles. The van der Waals surface area contributed by atoms with Gasteiger partial charge in [0.1, 0.15) is 18.3 Å². The van der Waals surface area contributed by atoms with Crippen LogP contribution in [0, 0.1) is 5.82 Å². The lowest BCUT2D eigenvalue weighted by atomic mass is 9.82. The number of hydrogen-bond donors (Lipinski definition) is 4. The van der Waals surface area contributed by atoms with Gasteiger partial charge in [0.05, 0.1) is 35.5 Å². The van der Waals surface area contributed by atoms with Crippen LogP contribution in [0.15, 0.2) is 67.5 Å². The minimum absolute atomic E-state index is 0.0170. The van der Waals surface area contributed by atoms with Crippen LogP contribution in [-0.4, -0.2) is 48.9 Å². The Morgan fingerprint density at radius 3 is 2.83 bits per heavy atom. The summed E-state index contributed by atoms with van der Waals surface area (Å²) in [5.41, 5.74) is 8.26. The van der Waals surface area contributed by atoms with Crippen LogP contribution in [0.5, 0.6) is 0 Å². The number of rotatable bonds is 6. The minimum atomic E-state index is -1.47. The molecule has 5 aromatic rings. The Morgan fingerprint density at radius 1 is 1.22 bits per heavy atom. The second-order valence-electron chi connectivity index (χ2n) is 9.59. The van der Waals surface area contributed by atoms with E-state index in [1.807, 2.05) is 24.3 Å². The molecule has 7 rings (SSSR count). The highest BCUT2D eigenvalue weighted by Crippen LogP contribution is 2.42. The van der Waals surface area contributed by atoms with Crippen molar-refractivity contribution in [3.63, 3.8) is 0 Å². The minimum Gasteiger partial charge on any atom is -0.389 e. The molecule has 6 heterocycles. The van der Waals surface area contributed by atoms with Gasteiger partial charge < -0.3 is 18.7 Å². The molecule has 0 amide bonds. The first kappa shape index (κ1) is 24.9. The molecule has 1 unspecified atom stereocenters. The summed E-state index contributed by atoms with van der Waals surface area (Å²) in [5, 5.41) is 13.2. The van der Waals surface area contributed by atoms with E-state index in [-0.39, 0.29) is 24.2 Å². The maximum atomic E-state index is 13.4. The first-order valence-corrected chi connectivity index (χ1v) is 12.6. The van der Waals surface area contributed by atoms with Gasteiger partial charge in [-0.2, -0.15) is 9.67 Å². The van der Waals surface area contributed by atoms with E-state index >= 15 is 0 Å². The van der Waals surface area contributed by atoms with Crippen molar-refractivity contribution < 1.29 is 18.1 Å². The molecule has 4 N–H and O–H groups in total.